The average Bonchev–Trinajstić information content (AvgIpc) is 2.67. The molecule has 0 spiro atoms. The first-order valence-electron chi connectivity index (χ1n) is 9.67. The van der Waals surface area contributed by atoms with Gasteiger partial charge in [-0.2, -0.15) is 0 Å². The standard InChI is InChI=1S/C20H32N4O3/c1-5-21-19(22-14-16-7-8-18(26-4)15(3)13-16)23-17-9-11-24(12-10-17)20(25)27-6-2/h7-8,13,17H,5-6,9-12,14H2,1-4H3,(H2,21,22,23). The van der Waals surface area contributed by atoms with Gasteiger partial charge < -0.3 is 25.0 Å². The van der Waals surface area contributed by atoms with E-state index in [1.54, 1.807) is 12.0 Å². The summed E-state index contributed by atoms with van der Waals surface area (Å²) < 4.78 is 10.4. The molecule has 2 N–H and O–H groups in total. The number of nitrogens with one attached hydrogen (secondary N) is 2. The number of piperidine rings is 1. The summed E-state index contributed by atoms with van der Waals surface area (Å²) in [6, 6.07) is 6.41. The molecule has 1 aliphatic heterocycles. The van der Waals surface area contributed by atoms with Crippen molar-refractivity contribution in [2.24, 2.45) is 4.99 Å². The molecule has 0 bridgehead atoms. The second-order valence-corrected chi connectivity index (χ2v) is 6.60. The van der Waals surface area contributed by atoms with Crippen molar-refractivity contribution in [2.45, 2.75) is 46.2 Å². The highest BCUT2D eigenvalue weighted by atomic mass is 16.6. The van der Waals surface area contributed by atoms with E-state index in [-0.39, 0.29) is 6.09 Å². The third kappa shape index (κ3) is 6.34. The number of carbonyl (C=O) groups excluding carboxylic acids is 1. The van der Waals surface area contributed by atoms with Crippen molar-refractivity contribution in [3.05, 3.63) is 29.3 Å². The van der Waals surface area contributed by atoms with E-state index in [9.17, 15) is 4.79 Å². The number of hydrogen-bond donors (Lipinski definition) is 2. The molecule has 1 aromatic carbocycles. The van der Waals surface area contributed by atoms with Crippen molar-refractivity contribution in [3.8, 4) is 5.75 Å². The van der Waals surface area contributed by atoms with Gasteiger partial charge in [0.1, 0.15) is 5.75 Å². The summed E-state index contributed by atoms with van der Waals surface area (Å²) in [5.41, 5.74) is 2.25. The Morgan fingerprint density at radius 2 is 2.04 bits per heavy atom. The molecule has 0 aliphatic carbocycles. The minimum atomic E-state index is -0.216. The number of nitrogens with zero attached hydrogens (tertiary/aromatic N) is 2. The van der Waals surface area contributed by atoms with Crippen LogP contribution in [0.2, 0.25) is 0 Å². The van der Waals surface area contributed by atoms with Crippen LogP contribution in [0.1, 0.15) is 37.8 Å². The van der Waals surface area contributed by atoms with Gasteiger partial charge in [0.25, 0.3) is 0 Å². The van der Waals surface area contributed by atoms with Crippen molar-refractivity contribution in [2.75, 3.05) is 33.4 Å². The number of methoxy groups -OCH3 is 1. The maximum absolute atomic E-state index is 11.8. The van der Waals surface area contributed by atoms with Crippen molar-refractivity contribution < 1.29 is 14.3 Å². The molecule has 0 atom stereocenters. The van der Waals surface area contributed by atoms with Gasteiger partial charge in [-0.05, 0) is 50.8 Å². The highest BCUT2D eigenvalue weighted by Gasteiger charge is 2.24. The summed E-state index contributed by atoms with van der Waals surface area (Å²) in [5, 5.41) is 6.79. The van der Waals surface area contributed by atoms with E-state index in [1.807, 2.05) is 26.0 Å². The minimum absolute atomic E-state index is 0.216. The van der Waals surface area contributed by atoms with Crippen LogP contribution in [0, 0.1) is 6.92 Å². The lowest BCUT2D eigenvalue weighted by Gasteiger charge is -2.32. The van der Waals surface area contributed by atoms with E-state index < -0.39 is 0 Å². The molecule has 7 heteroatoms. The summed E-state index contributed by atoms with van der Waals surface area (Å²) in [7, 11) is 1.68. The van der Waals surface area contributed by atoms with Crippen LogP contribution in [0.25, 0.3) is 0 Å². The van der Waals surface area contributed by atoms with E-state index in [0.29, 0.717) is 32.3 Å². The number of benzene rings is 1. The Labute approximate surface area is 162 Å². The van der Waals surface area contributed by atoms with Gasteiger partial charge in [-0.25, -0.2) is 9.79 Å². The Balaban J connectivity index is 1.90. The Bertz CT molecular complexity index is 640. The molecule has 0 unspecified atom stereocenters. The molecule has 1 aliphatic rings. The monoisotopic (exact) mass is 376 g/mol. The topological polar surface area (TPSA) is 75.2 Å². The van der Waals surface area contributed by atoms with E-state index in [2.05, 4.69) is 23.6 Å². The van der Waals surface area contributed by atoms with Crippen LogP contribution in [0.4, 0.5) is 4.79 Å². The van der Waals surface area contributed by atoms with Crippen molar-refractivity contribution in [3.63, 3.8) is 0 Å². The number of aliphatic imine (C=N–C) groups is 1. The lowest BCUT2D eigenvalue weighted by molar-refractivity contribution is 0.0963. The normalized spacial score (nSPS) is 15.4. The molecule has 1 fully saturated rings. The molecule has 1 heterocycles. The van der Waals surface area contributed by atoms with Gasteiger partial charge in [-0.3, -0.25) is 0 Å². The number of aryl methyl sites for hydroxylation is 1. The summed E-state index contributed by atoms with van der Waals surface area (Å²) in [6.07, 6.45) is 1.54. The highest BCUT2D eigenvalue weighted by Crippen LogP contribution is 2.19. The third-order valence-corrected chi connectivity index (χ3v) is 4.59. The fourth-order valence-corrected chi connectivity index (χ4v) is 3.14. The lowest BCUT2D eigenvalue weighted by Crippen LogP contribution is -2.49. The van der Waals surface area contributed by atoms with E-state index in [0.717, 1.165) is 42.2 Å². The largest absolute Gasteiger partial charge is 0.496 e. The Hall–Kier alpha value is -2.44. The van der Waals surface area contributed by atoms with E-state index in [4.69, 9.17) is 14.5 Å². The fraction of sp³-hybridized carbons (Fsp3) is 0.600. The molecule has 27 heavy (non-hydrogen) atoms. The molecule has 1 aromatic rings. The molecule has 0 aromatic heterocycles. The lowest BCUT2D eigenvalue weighted by atomic mass is 10.1. The van der Waals surface area contributed by atoms with E-state index in [1.165, 1.54) is 0 Å². The Kier molecular flexibility index (Phi) is 8.23. The van der Waals surface area contributed by atoms with Gasteiger partial charge in [-0.1, -0.05) is 12.1 Å². The van der Waals surface area contributed by atoms with Gasteiger partial charge >= 0.3 is 6.09 Å². The Morgan fingerprint density at radius 3 is 2.63 bits per heavy atom. The quantitative estimate of drug-likeness (QED) is 0.590. The van der Waals surface area contributed by atoms with Gasteiger partial charge in [0, 0.05) is 25.7 Å². The predicted octanol–water partition coefficient (Wildman–Crippen LogP) is 2.68. The number of amides is 1. The van der Waals surface area contributed by atoms with Crippen LogP contribution in [0.3, 0.4) is 0 Å². The molecular formula is C20H32N4O3. The van der Waals surface area contributed by atoms with Crippen LogP contribution in [-0.2, 0) is 11.3 Å². The van der Waals surface area contributed by atoms with Crippen LogP contribution in [-0.4, -0.2) is 56.3 Å². The zero-order valence-electron chi connectivity index (χ0n) is 16.9. The zero-order valence-corrected chi connectivity index (χ0v) is 16.9. The average molecular weight is 377 g/mol. The fourth-order valence-electron chi connectivity index (χ4n) is 3.14. The predicted molar refractivity (Wildman–Crippen MR) is 107 cm³/mol. The first kappa shape index (κ1) is 20.9. The van der Waals surface area contributed by atoms with Crippen molar-refractivity contribution >= 4 is 12.1 Å². The molecule has 7 nitrogen and oxygen atoms in total. The summed E-state index contributed by atoms with van der Waals surface area (Å²) >= 11 is 0. The second-order valence-electron chi connectivity index (χ2n) is 6.60. The first-order chi connectivity index (χ1) is 13.1. The van der Waals surface area contributed by atoms with Crippen molar-refractivity contribution in [1.82, 2.24) is 15.5 Å². The highest BCUT2D eigenvalue weighted by molar-refractivity contribution is 5.80. The number of hydrogen-bond acceptors (Lipinski definition) is 4. The smallest absolute Gasteiger partial charge is 0.409 e. The SMILES string of the molecule is CCNC(=NCc1ccc(OC)c(C)c1)NC1CCN(C(=O)OCC)CC1. The number of carbonyl (C=O) groups is 1. The molecular weight excluding hydrogens is 344 g/mol. The third-order valence-electron chi connectivity index (χ3n) is 4.59. The van der Waals surface area contributed by atoms with E-state index >= 15 is 0 Å². The van der Waals surface area contributed by atoms with Gasteiger partial charge in [0.05, 0.1) is 20.3 Å². The van der Waals surface area contributed by atoms with Gasteiger partial charge in [0.15, 0.2) is 5.96 Å². The van der Waals surface area contributed by atoms with Crippen molar-refractivity contribution in [1.29, 1.82) is 0 Å². The summed E-state index contributed by atoms with van der Waals surface area (Å²) in [6.45, 7) is 9.14. The number of likely N-dealkylation sites (tertiary alicyclic amines) is 1. The van der Waals surface area contributed by atoms with Crippen LogP contribution in [0.15, 0.2) is 23.2 Å². The maximum atomic E-state index is 11.8. The maximum Gasteiger partial charge on any atom is 0.409 e. The number of rotatable bonds is 6. The zero-order chi connectivity index (χ0) is 19.6. The molecule has 0 radical (unpaired) electrons. The minimum Gasteiger partial charge on any atom is -0.496 e. The van der Waals surface area contributed by atoms with Gasteiger partial charge in [0.2, 0.25) is 0 Å². The summed E-state index contributed by atoms with van der Waals surface area (Å²) in [5.74, 6) is 1.70. The molecule has 1 saturated heterocycles. The molecule has 2 rings (SSSR count). The first-order valence-corrected chi connectivity index (χ1v) is 9.67. The second kappa shape index (κ2) is 10.6. The Morgan fingerprint density at radius 1 is 1.30 bits per heavy atom. The van der Waals surface area contributed by atoms with Crippen LogP contribution >= 0.6 is 0 Å². The molecule has 0 saturated carbocycles. The summed E-state index contributed by atoms with van der Waals surface area (Å²) in [4.78, 5) is 18.3. The van der Waals surface area contributed by atoms with Crippen LogP contribution < -0.4 is 15.4 Å². The molecule has 150 valence electrons. The number of ether oxygens (including phenoxy) is 2. The van der Waals surface area contributed by atoms with Crippen LogP contribution in [0.5, 0.6) is 5.75 Å². The number of guanidine groups is 1. The molecule has 1 amide bonds. The van der Waals surface area contributed by atoms with Gasteiger partial charge in [-0.15, -0.1) is 0 Å².